The molecule has 0 radical (unpaired) electrons. The van der Waals surface area contributed by atoms with Crippen LogP contribution in [0, 0.1) is 12.3 Å². The first-order valence-electron chi connectivity index (χ1n) is 9.52. The lowest BCUT2D eigenvalue weighted by Crippen LogP contribution is -2.41. The molecular formula is C22H26ClN3O2. The predicted molar refractivity (Wildman–Crippen MR) is 115 cm³/mol. The van der Waals surface area contributed by atoms with E-state index in [0.717, 1.165) is 24.3 Å². The molecule has 0 unspecified atom stereocenters. The summed E-state index contributed by atoms with van der Waals surface area (Å²) in [4.78, 5) is 27.8. The van der Waals surface area contributed by atoms with Gasteiger partial charge in [0.15, 0.2) is 0 Å². The number of carbonyl (C=O) groups is 2. The van der Waals surface area contributed by atoms with Crippen molar-refractivity contribution in [2.45, 2.75) is 33.6 Å². The third-order valence-corrected chi connectivity index (χ3v) is 5.66. The minimum absolute atomic E-state index is 0.362. The maximum Gasteiger partial charge on any atom is 0.239 e. The summed E-state index contributed by atoms with van der Waals surface area (Å²) in [5, 5.41) is 6.23. The van der Waals surface area contributed by atoms with Crippen LogP contribution in [0.3, 0.4) is 0 Å². The fourth-order valence-corrected chi connectivity index (χ4v) is 3.32. The first-order chi connectivity index (χ1) is 13.3. The van der Waals surface area contributed by atoms with Gasteiger partial charge in [-0.05, 0) is 75.6 Å². The third kappa shape index (κ3) is 4.30. The zero-order chi connectivity index (χ0) is 20.3. The molecule has 0 bridgehead atoms. The molecular weight excluding hydrogens is 374 g/mol. The monoisotopic (exact) mass is 399 g/mol. The van der Waals surface area contributed by atoms with Crippen molar-refractivity contribution in [2.24, 2.45) is 5.41 Å². The van der Waals surface area contributed by atoms with Crippen LogP contribution in [0.1, 0.15) is 32.3 Å². The second kappa shape index (κ2) is 8.23. The van der Waals surface area contributed by atoms with E-state index in [4.69, 9.17) is 11.6 Å². The van der Waals surface area contributed by atoms with Crippen molar-refractivity contribution < 1.29 is 9.59 Å². The number of benzene rings is 2. The summed E-state index contributed by atoms with van der Waals surface area (Å²) >= 11 is 6.11. The third-order valence-electron chi connectivity index (χ3n) is 5.25. The van der Waals surface area contributed by atoms with Crippen LogP contribution in [-0.4, -0.2) is 24.9 Å². The van der Waals surface area contributed by atoms with E-state index in [1.807, 2.05) is 31.2 Å². The Kier molecular flexibility index (Phi) is 5.94. The van der Waals surface area contributed by atoms with E-state index >= 15 is 0 Å². The number of hydrogen-bond donors (Lipinski definition) is 2. The topological polar surface area (TPSA) is 61.4 Å². The number of anilines is 3. The zero-order valence-corrected chi connectivity index (χ0v) is 17.3. The highest BCUT2D eigenvalue weighted by Crippen LogP contribution is 2.27. The number of halogens is 1. The Labute approximate surface area is 171 Å². The molecule has 0 aromatic heterocycles. The van der Waals surface area contributed by atoms with E-state index in [2.05, 4.69) is 15.5 Å². The minimum Gasteiger partial charge on any atom is -0.372 e. The van der Waals surface area contributed by atoms with E-state index in [-0.39, 0.29) is 11.8 Å². The van der Waals surface area contributed by atoms with Crippen molar-refractivity contribution in [1.29, 1.82) is 0 Å². The van der Waals surface area contributed by atoms with Gasteiger partial charge < -0.3 is 15.5 Å². The normalized spacial score (nSPS) is 14.1. The van der Waals surface area contributed by atoms with Crippen LogP contribution in [0.5, 0.6) is 0 Å². The Balaban J connectivity index is 1.66. The van der Waals surface area contributed by atoms with Crippen LogP contribution in [-0.2, 0) is 9.59 Å². The lowest BCUT2D eigenvalue weighted by atomic mass is 9.90. The lowest BCUT2D eigenvalue weighted by molar-refractivity contribution is -0.135. The van der Waals surface area contributed by atoms with Crippen molar-refractivity contribution in [2.75, 3.05) is 28.6 Å². The van der Waals surface area contributed by atoms with Crippen LogP contribution in [0.4, 0.5) is 17.1 Å². The molecule has 148 valence electrons. The number of hydrogen-bond acceptors (Lipinski definition) is 3. The van der Waals surface area contributed by atoms with Crippen LogP contribution < -0.4 is 15.5 Å². The molecule has 0 aliphatic carbocycles. The largest absolute Gasteiger partial charge is 0.372 e. The highest BCUT2D eigenvalue weighted by molar-refractivity contribution is 6.31. The van der Waals surface area contributed by atoms with Gasteiger partial charge in [-0.25, -0.2) is 0 Å². The molecule has 6 heteroatoms. The molecule has 2 aromatic rings. The van der Waals surface area contributed by atoms with Crippen LogP contribution in [0.25, 0.3) is 0 Å². The molecule has 28 heavy (non-hydrogen) atoms. The van der Waals surface area contributed by atoms with E-state index in [0.29, 0.717) is 16.4 Å². The summed E-state index contributed by atoms with van der Waals surface area (Å²) in [5.74, 6) is -0.748. The van der Waals surface area contributed by atoms with E-state index in [1.54, 1.807) is 32.0 Å². The van der Waals surface area contributed by atoms with Gasteiger partial charge in [-0.2, -0.15) is 0 Å². The van der Waals surface area contributed by atoms with Crippen LogP contribution in [0.15, 0.2) is 42.5 Å². The summed E-state index contributed by atoms with van der Waals surface area (Å²) in [5.41, 5.74) is 1.96. The molecule has 2 amide bonds. The molecule has 1 aliphatic rings. The lowest BCUT2D eigenvalue weighted by Gasteiger charge is -2.24. The number of amides is 2. The highest BCUT2D eigenvalue weighted by atomic mass is 35.5. The Morgan fingerprint density at radius 3 is 2.21 bits per heavy atom. The van der Waals surface area contributed by atoms with Crippen molar-refractivity contribution in [3.05, 3.63) is 53.1 Å². The molecule has 1 aliphatic heterocycles. The molecule has 0 atom stereocenters. The summed E-state index contributed by atoms with van der Waals surface area (Å²) < 4.78 is 0. The summed E-state index contributed by atoms with van der Waals surface area (Å²) in [7, 11) is 0. The Morgan fingerprint density at radius 2 is 1.57 bits per heavy atom. The Morgan fingerprint density at radius 1 is 0.964 bits per heavy atom. The quantitative estimate of drug-likeness (QED) is 0.706. The molecule has 1 heterocycles. The van der Waals surface area contributed by atoms with Crippen molar-refractivity contribution in [3.8, 4) is 0 Å². The average molecular weight is 400 g/mol. The van der Waals surface area contributed by atoms with Gasteiger partial charge in [-0.15, -0.1) is 0 Å². The van der Waals surface area contributed by atoms with E-state index in [1.165, 1.54) is 12.8 Å². The summed E-state index contributed by atoms with van der Waals surface area (Å²) in [6, 6.07) is 13.0. The zero-order valence-electron chi connectivity index (χ0n) is 16.5. The van der Waals surface area contributed by atoms with E-state index < -0.39 is 5.41 Å². The molecule has 3 rings (SSSR count). The molecule has 5 nitrogen and oxygen atoms in total. The second-order valence-electron chi connectivity index (χ2n) is 7.69. The van der Waals surface area contributed by atoms with Gasteiger partial charge >= 0.3 is 0 Å². The van der Waals surface area contributed by atoms with Gasteiger partial charge in [-0.3, -0.25) is 9.59 Å². The van der Waals surface area contributed by atoms with Crippen LogP contribution >= 0.6 is 11.6 Å². The van der Waals surface area contributed by atoms with Gasteiger partial charge in [0.1, 0.15) is 5.41 Å². The van der Waals surface area contributed by atoms with Crippen LogP contribution in [0.2, 0.25) is 5.02 Å². The van der Waals surface area contributed by atoms with Crippen molar-refractivity contribution >= 4 is 40.5 Å². The maximum atomic E-state index is 12.8. The standard InChI is InChI=1S/C22H26ClN3O2/c1-15-18(23)7-6-8-19(15)25-21(28)22(2,3)20(27)24-16-9-11-17(12-10-16)26-13-4-5-14-26/h6-12H,4-5,13-14H2,1-3H3,(H,24,27)(H,25,28). The number of carbonyl (C=O) groups excluding carboxylic acids is 2. The molecule has 2 N–H and O–H groups in total. The van der Waals surface area contributed by atoms with Gasteiger partial charge in [0, 0.05) is 35.2 Å². The van der Waals surface area contributed by atoms with Gasteiger partial charge in [0.05, 0.1) is 0 Å². The minimum atomic E-state index is -1.25. The highest BCUT2D eigenvalue weighted by Gasteiger charge is 2.36. The first-order valence-corrected chi connectivity index (χ1v) is 9.90. The van der Waals surface area contributed by atoms with Gasteiger partial charge in [-0.1, -0.05) is 17.7 Å². The average Bonchev–Trinajstić information content (AvgIpc) is 3.20. The second-order valence-corrected chi connectivity index (χ2v) is 8.09. The number of nitrogens with zero attached hydrogens (tertiary/aromatic N) is 1. The first kappa shape index (κ1) is 20.2. The summed E-state index contributed by atoms with van der Waals surface area (Å²) in [6.07, 6.45) is 2.43. The molecule has 0 spiro atoms. The fraction of sp³-hybridized carbons (Fsp3) is 0.364. The van der Waals surface area contributed by atoms with Crippen molar-refractivity contribution in [1.82, 2.24) is 0 Å². The predicted octanol–water partition coefficient (Wildman–Crippen LogP) is 4.85. The van der Waals surface area contributed by atoms with Crippen molar-refractivity contribution in [3.63, 3.8) is 0 Å². The van der Waals surface area contributed by atoms with Gasteiger partial charge in [0.2, 0.25) is 11.8 Å². The Hall–Kier alpha value is -2.53. The molecule has 2 aromatic carbocycles. The van der Waals surface area contributed by atoms with Gasteiger partial charge in [0.25, 0.3) is 0 Å². The fourth-order valence-electron chi connectivity index (χ4n) is 3.14. The smallest absolute Gasteiger partial charge is 0.239 e. The Bertz CT molecular complexity index is 872. The number of rotatable bonds is 5. The SMILES string of the molecule is Cc1c(Cl)cccc1NC(=O)C(C)(C)C(=O)Nc1ccc(N2CCCC2)cc1. The molecule has 1 fully saturated rings. The number of nitrogens with one attached hydrogen (secondary N) is 2. The maximum absolute atomic E-state index is 12.8. The van der Waals surface area contributed by atoms with E-state index in [9.17, 15) is 9.59 Å². The molecule has 0 saturated carbocycles. The molecule has 1 saturated heterocycles. The summed E-state index contributed by atoms with van der Waals surface area (Å²) in [6.45, 7) is 7.18.